The molecular weight excluding hydrogens is 418 g/mol. The maximum absolute atomic E-state index is 13.3. The van der Waals surface area contributed by atoms with Gasteiger partial charge in [-0.3, -0.25) is 14.4 Å². The van der Waals surface area contributed by atoms with Crippen molar-refractivity contribution in [3.8, 4) is 0 Å². The van der Waals surface area contributed by atoms with Crippen molar-refractivity contribution in [2.24, 2.45) is 0 Å². The van der Waals surface area contributed by atoms with Crippen LogP contribution in [-0.2, 0) is 26.2 Å². The first-order chi connectivity index (χ1) is 14.7. The molecule has 31 heavy (non-hydrogen) atoms. The molecule has 0 bridgehead atoms. The summed E-state index contributed by atoms with van der Waals surface area (Å²) in [5, 5.41) is 2.55. The van der Waals surface area contributed by atoms with Crippen LogP contribution in [0.25, 0.3) is 0 Å². The monoisotopic (exact) mass is 443 g/mol. The quantitative estimate of drug-likeness (QED) is 0.701. The molecule has 3 amide bonds. The number of carbonyl (C=O) groups is 3. The van der Waals surface area contributed by atoms with Crippen molar-refractivity contribution in [3.63, 3.8) is 0 Å². The fourth-order valence-corrected chi connectivity index (χ4v) is 5.10. The van der Waals surface area contributed by atoms with Crippen LogP contribution in [0.5, 0.6) is 0 Å². The molecule has 1 heterocycles. The van der Waals surface area contributed by atoms with Crippen LogP contribution in [0.3, 0.4) is 0 Å². The molecule has 164 valence electrons. The van der Waals surface area contributed by atoms with Gasteiger partial charge in [-0.2, -0.15) is 0 Å². The minimum Gasteiger partial charge on any atom is -0.357 e. The molecule has 0 saturated carbocycles. The zero-order valence-electron chi connectivity index (χ0n) is 17.7. The second kappa shape index (κ2) is 8.89. The van der Waals surface area contributed by atoms with Gasteiger partial charge in [-0.25, -0.2) is 12.7 Å². The number of aryl methyl sites for hydroxylation is 1. The summed E-state index contributed by atoms with van der Waals surface area (Å²) in [5.41, 5.74) is 1.88. The molecule has 0 aromatic heterocycles. The fraction of sp³-hybridized carbons (Fsp3) is 0.318. The van der Waals surface area contributed by atoms with E-state index in [1.807, 2.05) is 31.2 Å². The Labute approximate surface area is 181 Å². The number of amides is 3. The first kappa shape index (κ1) is 22.5. The van der Waals surface area contributed by atoms with Gasteiger partial charge in [-0.15, -0.1) is 0 Å². The number of hydrogen-bond donors (Lipinski definition) is 1. The van der Waals surface area contributed by atoms with E-state index in [-0.39, 0.29) is 22.9 Å². The molecular formula is C22H25N3O5S. The van der Waals surface area contributed by atoms with Gasteiger partial charge in [0.25, 0.3) is 15.9 Å². The van der Waals surface area contributed by atoms with Gasteiger partial charge < -0.3 is 10.2 Å². The highest BCUT2D eigenvalue weighted by atomic mass is 32.2. The van der Waals surface area contributed by atoms with E-state index in [0.717, 1.165) is 11.1 Å². The molecule has 2 aromatic rings. The smallest absolute Gasteiger partial charge is 0.269 e. The van der Waals surface area contributed by atoms with Gasteiger partial charge in [-0.1, -0.05) is 48.9 Å². The summed E-state index contributed by atoms with van der Waals surface area (Å²) in [6.45, 7) is 3.14. The molecule has 2 aromatic carbocycles. The largest absolute Gasteiger partial charge is 0.357 e. The highest BCUT2D eigenvalue weighted by Crippen LogP contribution is 2.30. The van der Waals surface area contributed by atoms with Gasteiger partial charge >= 0.3 is 0 Å². The predicted molar refractivity (Wildman–Crippen MR) is 115 cm³/mol. The molecule has 3 rings (SSSR count). The Bertz CT molecular complexity index is 1110. The lowest BCUT2D eigenvalue weighted by atomic mass is 10.1. The fourth-order valence-electron chi connectivity index (χ4n) is 3.58. The predicted octanol–water partition coefficient (Wildman–Crippen LogP) is 1.69. The minimum atomic E-state index is -4.13. The van der Waals surface area contributed by atoms with Crippen molar-refractivity contribution in [3.05, 3.63) is 65.2 Å². The average Bonchev–Trinajstić information content (AvgIpc) is 2.95. The average molecular weight is 444 g/mol. The molecule has 1 aliphatic heterocycles. The van der Waals surface area contributed by atoms with E-state index in [0.29, 0.717) is 10.7 Å². The minimum absolute atomic E-state index is 0.0405. The van der Waals surface area contributed by atoms with Crippen molar-refractivity contribution in [1.82, 2.24) is 14.5 Å². The van der Waals surface area contributed by atoms with Crippen LogP contribution in [0.4, 0.5) is 0 Å². The van der Waals surface area contributed by atoms with Gasteiger partial charge in [0, 0.05) is 13.6 Å². The van der Waals surface area contributed by atoms with E-state index in [4.69, 9.17) is 0 Å². The Morgan fingerprint density at radius 3 is 2.32 bits per heavy atom. The first-order valence-corrected chi connectivity index (χ1v) is 11.4. The molecule has 0 fully saturated rings. The third-order valence-corrected chi connectivity index (χ3v) is 7.08. The Hall–Kier alpha value is -3.20. The van der Waals surface area contributed by atoms with Crippen LogP contribution in [0.1, 0.15) is 34.8 Å². The number of carbonyl (C=O) groups excluding carboxylic acids is 3. The second-order valence-corrected chi connectivity index (χ2v) is 9.19. The Balaban J connectivity index is 1.92. The molecule has 1 aliphatic rings. The summed E-state index contributed by atoms with van der Waals surface area (Å²) >= 11 is 0. The number of nitrogens with zero attached hydrogens (tertiary/aromatic N) is 2. The van der Waals surface area contributed by atoms with Gasteiger partial charge in [-0.05, 0) is 31.0 Å². The molecule has 0 aliphatic carbocycles. The number of likely N-dealkylation sites (N-methyl/N-ethyl adjacent to an activating group) is 1. The highest BCUT2D eigenvalue weighted by molar-refractivity contribution is 7.90. The zero-order valence-corrected chi connectivity index (χ0v) is 18.5. The van der Waals surface area contributed by atoms with Gasteiger partial charge in [0.2, 0.25) is 11.8 Å². The first-order valence-electron chi connectivity index (χ1n) is 9.93. The van der Waals surface area contributed by atoms with Gasteiger partial charge in [0.15, 0.2) is 0 Å². The van der Waals surface area contributed by atoms with E-state index in [9.17, 15) is 22.8 Å². The van der Waals surface area contributed by atoms with Gasteiger partial charge in [0.05, 0.1) is 5.56 Å². The summed E-state index contributed by atoms with van der Waals surface area (Å²) in [7, 11) is -2.65. The SMILES string of the molecule is CC[C@H](C(=O)NC)N(Cc1ccc(C)cc1)C(=O)CN1C(=O)c2ccccc2S1(=O)=O. The Morgan fingerprint density at radius 2 is 1.74 bits per heavy atom. The topological polar surface area (TPSA) is 104 Å². The van der Waals surface area contributed by atoms with Crippen LogP contribution in [-0.4, -0.2) is 55.0 Å². The molecule has 1 atom stereocenters. The summed E-state index contributed by atoms with van der Waals surface area (Å²) in [4.78, 5) is 39.6. The lowest BCUT2D eigenvalue weighted by molar-refractivity contribution is -0.141. The van der Waals surface area contributed by atoms with Crippen molar-refractivity contribution < 1.29 is 22.8 Å². The summed E-state index contributed by atoms with van der Waals surface area (Å²) in [6, 6.07) is 12.5. The maximum Gasteiger partial charge on any atom is 0.269 e. The highest BCUT2D eigenvalue weighted by Gasteiger charge is 2.43. The molecule has 9 heteroatoms. The van der Waals surface area contributed by atoms with Crippen molar-refractivity contribution in [1.29, 1.82) is 0 Å². The molecule has 0 spiro atoms. The van der Waals surface area contributed by atoms with Crippen molar-refractivity contribution in [2.45, 2.75) is 37.8 Å². The summed E-state index contributed by atoms with van der Waals surface area (Å²) in [5.74, 6) is -1.73. The van der Waals surface area contributed by atoms with Gasteiger partial charge in [0.1, 0.15) is 17.5 Å². The molecule has 0 unspecified atom stereocenters. The van der Waals surface area contributed by atoms with Crippen molar-refractivity contribution in [2.75, 3.05) is 13.6 Å². The van der Waals surface area contributed by atoms with E-state index in [1.165, 1.54) is 30.1 Å². The van der Waals surface area contributed by atoms with Crippen LogP contribution in [0.15, 0.2) is 53.4 Å². The second-order valence-electron chi connectivity index (χ2n) is 7.36. The van der Waals surface area contributed by atoms with E-state index in [1.54, 1.807) is 13.0 Å². The number of nitrogens with one attached hydrogen (secondary N) is 1. The molecule has 0 saturated heterocycles. The standard InChI is InChI=1S/C22H25N3O5S/c1-4-18(21(27)23-3)24(13-16-11-9-15(2)10-12-16)20(26)14-25-22(28)17-7-5-6-8-19(17)31(25,29)30/h5-12,18H,4,13-14H2,1-3H3,(H,23,27)/t18-/m1/s1. The number of fused-ring (bicyclic) bond motifs is 1. The summed E-state index contributed by atoms with van der Waals surface area (Å²) in [6.07, 6.45) is 0.332. The molecule has 1 N–H and O–H groups in total. The summed E-state index contributed by atoms with van der Waals surface area (Å²) < 4.78 is 26.2. The van der Waals surface area contributed by atoms with E-state index < -0.39 is 34.4 Å². The van der Waals surface area contributed by atoms with Crippen LogP contribution >= 0.6 is 0 Å². The van der Waals surface area contributed by atoms with Crippen LogP contribution in [0.2, 0.25) is 0 Å². The number of benzene rings is 2. The van der Waals surface area contributed by atoms with Crippen LogP contribution < -0.4 is 5.32 Å². The normalized spacial score (nSPS) is 15.3. The number of hydrogen-bond acceptors (Lipinski definition) is 5. The van der Waals surface area contributed by atoms with Crippen LogP contribution in [0, 0.1) is 6.92 Å². The third-order valence-electron chi connectivity index (χ3n) is 5.30. The lowest BCUT2D eigenvalue weighted by Gasteiger charge is -2.31. The van der Waals surface area contributed by atoms with Crippen molar-refractivity contribution >= 4 is 27.7 Å². The Morgan fingerprint density at radius 1 is 1.10 bits per heavy atom. The maximum atomic E-state index is 13.3. The zero-order chi connectivity index (χ0) is 22.8. The number of sulfonamides is 1. The number of rotatable bonds is 7. The lowest BCUT2D eigenvalue weighted by Crippen LogP contribution is -2.51. The molecule has 0 radical (unpaired) electrons. The van der Waals surface area contributed by atoms with E-state index in [2.05, 4.69) is 5.32 Å². The van der Waals surface area contributed by atoms with E-state index >= 15 is 0 Å². The Kier molecular flexibility index (Phi) is 6.45. The third kappa shape index (κ3) is 4.32. The molecule has 8 nitrogen and oxygen atoms in total.